The van der Waals surface area contributed by atoms with Gasteiger partial charge in [0.1, 0.15) is 5.69 Å². The van der Waals surface area contributed by atoms with Gasteiger partial charge in [0.25, 0.3) is 0 Å². The van der Waals surface area contributed by atoms with Crippen LogP contribution in [0.2, 0.25) is 0 Å². The maximum absolute atomic E-state index is 12.5. The average Bonchev–Trinajstić information content (AvgIpc) is 2.83. The van der Waals surface area contributed by atoms with Gasteiger partial charge in [-0.1, -0.05) is 18.2 Å². The summed E-state index contributed by atoms with van der Waals surface area (Å²) < 4.78 is 1.63. The molecular formula is C14H15N3O. The Morgan fingerprint density at radius 3 is 3.06 bits per heavy atom. The predicted molar refractivity (Wildman–Crippen MR) is 68.5 cm³/mol. The van der Waals surface area contributed by atoms with Gasteiger partial charge >= 0.3 is 0 Å². The summed E-state index contributed by atoms with van der Waals surface area (Å²) >= 11 is 0. The van der Waals surface area contributed by atoms with Crippen LogP contribution in [-0.4, -0.2) is 22.1 Å². The number of aromatic nitrogens is 2. The van der Waals surface area contributed by atoms with Crippen LogP contribution in [0.4, 0.5) is 0 Å². The van der Waals surface area contributed by atoms with E-state index >= 15 is 0 Å². The van der Waals surface area contributed by atoms with E-state index in [9.17, 15) is 4.79 Å². The summed E-state index contributed by atoms with van der Waals surface area (Å²) in [5.41, 5.74) is 3.87. The van der Waals surface area contributed by atoms with E-state index in [1.165, 1.54) is 11.1 Å². The van der Waals surface area contributed by atoms with E-state index < -0.39 is 0 Å². The highest BCUT2D eigenvalue weighted by atomic mass is 16.1. The van der Waals surface area contributed by atoms with Gasteiger partial charge in [0.15, 0.2) is 0 Å². The van der Waals surface area contributed by atoms with Crippen molar-refractivity contribution < 1.29 is 4.79 Å². The van der Waals surface area contributed by atoms with Crippen LogP contribution in [-0.2, 0) is 20.0 Å². The van der Waals surface area contributed by atoms with Crippen molar-refractivity contribution in [3.8, 4) is 0 Å². The van der Waals surface area contributed by atoms with Gasteiger partial charge < -0.3 is 5.32 Å². The van der Waals surface area contributed by atoms with Crippen LogP contribution in [0.1, 0.15) is 27.2 Å². The first-order valence-electron chi connectivity index (χ1n) is 6.11. The third-order valence-electron chi connectivity index (χ3n) is 3.44. The summed E-state index contributed by atoms with van der Waals surface area (Å²) in [4.78, 5) is 12.5. The van der Waals surface area contributed by atoms with E-state index in [4.69, 9.17) is 0 Å². The van der Waals surface area contributed by atoms with Gasteiger partial charge in [-0.2, -0.15) is 5.10 Å². The van der Waals surface area contributed by atoms with E-state index in [2.05, 4.69) is 16.5 Å². The van der Waals surface area contributed by atoms with E-state index in [1.807, 2.05) is 12.1 Å². The van der Waals surface area contributed by atoms with Crippen LogP contribution >= 0.6 is 0 Å². The van der Waals surface area contributed by atoms with Crippen molar-refractivity contribution in [3.05, 3.63) is 52.8 Å². The molecule has 2 heterocycles. The van der Waals surface area contributed by atoms with Gasteiger partial charge in [-0.15, -0.1) is 0 Å². The van der Waals surface area contributed by atoms with Crippen molar-refractivity contribution in [2.75, 3.05) is 6.54 Å². The highest BCUT2D eigenvalue weighted by Gasteiger charge is 2.19. The molecule has 92 valence electrons. The van der Waals surface area contributed by atoms with Crippen LogP contribution in [0, 0.1) is 0 Å². The maximum Gasteiger partial charge on any atom is 0.211 e. The molecule has 0 aliphatic carbocycles. The molecule has 0 unspecified atom stereocenters. The Morgan fingerprint density at radius 1 is 1.39 bits per heavy atom. The number of nitrogens with one attached hydrogen (secondary N) is 1. The summed E-state index contributed by atoms with van der Waals surface area (Å²) in [7, 11) is 1.80. The number of carbonyl (C=O) groups excluding carboxylic acids is 1. The van der Waals surface area contributed by atoms with Crippen molar-refractivity contribution >= 4 is 5.78 Å². The van der Waals surface area contributed by atoms with E-state index in [0.717, 1.165) is 25.1 Å². The number of rotatable bonds is 2. The molecule has 18 heavy (non-hydrogen) atoms. The second kappa shape index (κ2) is 4.38. The Labute approximate surface area is 106 Å². The largest absolute Gasteiger partial charge is 0.312 e. The molecule has 0 bridgehead atoms. The molecule has 1 aliphatic rings. The zero-order chi connectivity index (χ0) is 12.5. The zero-order valence-corrected chi connectivity index (χ0v) is 10.3. The molecule has 0 fully saturated rings. The zero-order valence-electron chi connectivity index (χ0n) is 10.3. The Kier molecular flexibility index (Phi) is 2.72. The lowest BCUT2D eigenvalue weighted by Crippen LogP contribution is -2.25. The Bertz CT molecular complexity index is 601. The number of carbonyl (C=O) groups is 1. The third-order valence-corrected chi connectivity index (χ3v) is 3.44. The highest BCUT2D eigenvalue weighted by Crippen LogP contribution is 2.21. The predicted octanol–water partition coefficient (Wildman–Crippen LogP) is 1.30. The molecule has 0 saturated carbocycles. The fourth-order valence-corrected chi connectivity index (χ4v) is 2.48. The number of nitrogens with zero attached hydrogens (tertiary/aromatic N) is 2. The number of ketones is 1. The smallest absolute Gasteiger partial charge is 0.211 e. The summed E-state index contributed by atoms with van der Waals surface area (Å²) in [6.07, 6.45) is 2.57. The Balaban J connectivity index is 2.07. The van der Waals surface area contributed by atoms with Crippen LogP contribution in [0.5, 0.6) is 0 Å². The molecule has 0 radical (unpaired) electrons. The van der Waals surface area contributed by atoms with Crippen LogP contribution in [0.15, 0.2) is 30.5 Å². The molecule has 1 N–H and O–H groups in total. The first-order chi connectivity index (χ1) is 8.77. The van der Waals surface area contributed by atoms with Gasteiger partial charge in [-0.05, 0) is 30.2 Å². The molecule has 1 aromatic heterocycles. The molecule has 0 saturated heterocycles. The minimum Gasteiger partial charge on any atom is -0.312 e. The van der Waals surface area contributed by atoms with E-state index in [-0.39, 0.29) is 5.78 Å². The summed E-state index contributed by atoms with van der Waals surface area (Å²) in [6, 6.07) is 7.72. The second-order valence-electron chi connectivity index (χ2n) is 4.54. The van der Waals surface area contributed by atoms with Gasteiger partial charge in [-0.25, -0.2) is 0 Å². The van der Waals surface area contributed by atoms with Crippen molar-refractivity contribution in [3.63, 3.8) is 0 Å². The fraction of sp³-hybridized carbons (Fsp3) is 0.286. The first-order valence-corrected chi connectivity index (χ1v) is 6.11. The van der Waals surface area contributed by atoms with E-state index in [0.29, 0.717) is 5.69 Å². The monoisotopic (exact) mass is 241 g/mol. The molecule has 0 amide bonds. The Hall–Kier alpha value is -1.94. The lowest BCUT2D eigenvalue weighted by molar-refractivity contribution is 0.102. The summed E-state index contributed by atoms with van der Waals surface area (Å²) in [6.45, 7) is 1.78. The van der Waals surface area contributed by atoms with Gasteiger partial charge in [0.2, 0.25) is 5.78 Å². The summed E-state index contributed by atoms with van der Waals surface area (Å²) in [5.74, 6) is 0.0637. The number of benzene rings is 1. The molecule has 0 spiro atoms. The molecule has 4 nitrogen and oxygen atoms in total. The number of hydrogen-bond acceptors (Lipinski definition) is 3. The maximum atomic E-state index is 12.5. The second-order valence-corrected chi connectivity index (χ2v) is 4.54. The standard InChI is InChI=1S/C14H15N3O/c1-17-13(6-8-16-17)14(18)12-4-2-3-10-9-15-7-5-11(10)12/h2-4,6,8,15H,5,7,9H2,1H3. The molecule has 1 aromatic carbocycles. The normalized spacial score (nSPS) is 14.3. The average molecular weight is 241 g/mol. The first kappa shape index (κ1) is 11.2. The van der Waals surface area contributed by atoms with E-state index in [1.54, 1.807) is 24.0 Å². The molecule has 3 rings (SSSR count). The lowest BCUT2D eigenvalue weighted by atomic mass is 9.92. The number of hydrogen-bond donors (Lipinski definition) is 1. The Morgan fingerprint density at radius 2 is 2.28 bits per heavy atom. The van der Waals surface area contributed by atoms with Crippen LogP contribution in [0.3, 0.4) is 0 Å². The molecule has 0 atom stereocenters. The van der Waals surface area contributed by atoms with Crippen LogP contribution in [0.25, 0.3) is 0 Å². The minimum atomic E-state index is 0.0637. The van der Waals surface area contributed by atoms with Gasteiger partial charge in [0.05, 0.1) is 0 Å². The molecule has 1 aliphatic heterocycles. The van der Waals surface area contributed by atoms with Crippen molar-refractivity contribution in [1.82, 2.24) is 15.1 Å². The van der Waals surface area contributed by atoms with Crippen molar-refractivity contribution in [2.24, 2.45) is 7.05 Å². The SMILES string of the molecule is Cn1nccc1C(=O)c1cccc2c1CCNC2. The molecule has 2 aromatic rings. The molecular weight excluding hydrogens is 226 g/mol. The van der Waals surface area contributed by atoms with Crippen molar-refractivity contribution in [2.45, 2.75) is 13.0 Å². The quantitative estimate of drug-likeness (QED) is 0.806. The molecule has 4 heteroatoms. The van der Waals surface area contributed by atoms with Crippen molar-refractivity contribution in [1.29, 1.82) is 0 Å². The topological polar surface area (TPSA) is 46.9 Å². The third kappa shape index (κ3) is 1.75. The lowest BCUT2D eigenvalue weighted by Gasteiger charge is -2.19. The number of fused-ring (bicyclic) bond motifs is 1. The van der Waals surface area contributed by atoms with Gasteiger partial charge in [-0.3, -0.25) is 9.48 Å². The fourth-order valence-electron chi connectivity index (χ4n) is 2.48. The highest BCUT2D eigenvalue weighted by molar-refractivity contribution is 6.09. The van der Waals surface area contributed by atoms with Crippen LogP contribution < -0.4 is 5.32 Å². The number of aryl methyl sites for hydroxylation is 1. The van der Waals surface area contributed by atoms with Gasteiger partial charge in [0, 0.05) is 25.4 Å². The summed E-state index contributed by atoms with van der Waals surface area (Å²) in [5, 5.41) is 7.38. The minimum absolute atomic E-state index is 0.0637.